The van der Waals surface area contributed by atoms with Gasteiger partial charge in [0.15, 0.2) is 5.82 Å². The number of benzene rings is 2. The van der Waals surface area contributed by atoms with Crippen LogP contribution in [0, 0.1) is 0 Å². The predicted molar refractivity (Wildman–Crippen MR) is 83.6 cm³/mol. The molecule has 3 rings (SSSR count). The van der Waals surface area contributed by atoms with Crippen molar-refractivity contribution in [3.05, 3.63) is 59.1 Å². The molecule has 1 N–H and O–H groups in total. The Morgan fingerprint density at radius 1 is 1.18 bits per heavy atom. The van der Waals surface area contributed by atoms with E-state index in [1.54, 1.807) is 48.1 Å². The lowest BCUT2D eigenvalue weighted by molar-refractivity contribution is 0.102. The van der Waals surface area contributed by atoms with Gasteiger partial charge in [0, 0.05) is 18.2 Å². The fraction of sp³-hybridized carbons (Fsp3) is 0.0667. The molecule has 0 aliphatic heterocycles. The first-order valence-corrected chi connectivity index (χ1v) is 6.91. The molecule has 0 aliphatic rings. The van der Waals surface area contributed by atoms with Gasteiger partial charge in [-0.2, -0.15) is 0 Å². The van der Waals surface area contributed by atoms with Gasteiger partial charge in [0.2, 0.25) is 0 Å². The number of halogens is 1. The van der Waals surface area contributed by atoms with Gasteiger partial charge >= 0.3 is 0 Å². The molecule has 7 heteroatoms. The number of amides is 1. The summed E-state index contributed by atoms with van der Waals surface area (Å²) in [5.41, 5.74) is 1.83. The molecule has 0 atom stereocenters. The third-order valence-electron chi connectivity index (χ3n) is 3.13. The van der Waals surface area contributed by atoms with E-state index < -0.39 is 0 Å². The SMILES string of the molecule is Cn1nnnc1-c1cccc(C(=O)Nc2ccccc2Cl)c1. The van der Waals surface area contributed by atoms with Crippen molar-refractivity contribution in [1.29, 1.82) is 0 Å². The molecule has 0 spiro atoms. The van der Waals surface area contributed by atoms with Crippen molar-refractivity contribution in [2.24, 2.45) is 7.05 Å². The molecule has 0 saturated carbocycles. The number of tetrazole rings is 1. The Bertz CT molecular complexity index is 830. The Morgan fingerprint density at radius 3 is 2.73 bits per heavy atom. The number of aromatic nitrogens is 4. The number of para-hydroxylation sites is 1. The first-order chi connectivity index (χ1) is 10.6. The molecular formula is C15H12ClN5O. The average Bonchev–Trinajstić information content (AvgIpc) is 2.96. The number of rotatable bonds is 3. The van der Waals surface area contributed by atoms with Crippen molar-refractivity contribution < 1.29 is 4.79 Å². The van der Waals surface area contributed by atoms with Crippen molar-refractivity contribution in [1.82, 2.24) is 20.2 Å². The van der Waals surface area contributed by atoms with Crippen LogP contribution < -0.4 is 5.32 Å². The van der Waals surface area contributed by atoms with Crippen molar-refractivity contribution in [2.75, 3.05) is 5.32 Å². The van der Waals surface area contributed by atoms with E-state index >= 15 is 0 Å². The number of carbonyl (C=O) groups excluding carboxylic acids is 1. The minimum absolute atomic E-state index is 0.245. The van der Waals surface area contributed by atoms with E-state index in [1.165, 1.54) is 0 Å². The minimum atomic E-state index is -0.245. The van der Waals surface area contributed by atoms with E-state index in [2.05, 4.69) is 20.8 Å². The van der Waals surface area contributed by atoms with Crippen LogP contribution >= 0.6 is 11.6 Å². The van der Waals surface area contributed by atoms with Gasteiger partial charge in [0.05, 0.1) is 10.7 Å². The highest BCUT2D eigenvalue weighted by Crippen LogP contribution is 2.22. The molecular weight excluding hydrogens is 302 g/mol. The number of carbonyl (C=O) groups is 1. The van der Waals surface area contributed by atoms with Crippen LogP contribution in [0.25, 0.3) is 11.4 Å². The van der Waals surface area contributed by atoms with Gasteiger partial charge in [-0.05, 0) is 34.7 Å². The second-order valence-corrected chi connectivity index (χ2v) is 5.05. The molecule has 6 nitrogen and oxygen atoms in total. The van der Waals surface area contributed by atoms with Gasteiger partial charge in [0.25, 0.3) is 5.91 Å². The molecule has 0 unspecified atom stereocenters. The number of anilines is 1. The van der Waals surface area contributed by atoms with Gasteiger partial charge in [-0.25, -0.2) is 4.68 Å². The zero-order valence-corrected chi connectivity index (χ0v) is 12.4. The Balaban J connectivity index is 1.88. The average molecular weight is 314 g/mol. The lowest BCUT2D eigenvalue weighted by atomic mass is 10.1. The first kappa shape index (κ1) is 14.2. The minimum Gasteiger partial charge on any atom is -0.321 e. The third kappa shape index (κ3) is 2.82. The number of hydrogen-bond donors (Lipinski definition) is 1. The second kappa shape index (κ2) is 5.95. The van der Waals surface area contributed by atoms with Crippen molar-refractivity contribution >= 4 is 23.2 Å². The Labute approximate surface area is 131 Å². The van der Waals surface area contributed by atoms with E-state index in [1.807, 2.05) is 12.1 Å². The number of hydrogen-bond acceptors (Lipinski definition) is 4. The van der Waals surface area contributed by atoms with E-state index in [0.29, 0.717) is 22.1 Å². The summed E-state index contributed by atoms with van der Waals surface area (Å²) in [6, 6.07) is 14.2. The van der Waals surface area contributed by atoms with Crippen LogP contribution in [0.3, 0.4) is 0 Å². The van der Waals surface area contributed by atoms with Crippen LogP contribution in [-0.4, -0.2) is 26.1 Å². The topological polar surface area (TPSA) is 72.7 Å². The standard InChI is InChI=1S/C15H12ClN5O/c1-21-14(18-19-20-21)10-5-4-6-11(9-10)15(22)17-13-8-3-2-7-12(13)16/h2-9H,1H3,(H,17,22). The molecule has 0 fully saturated rings. The molecule has 3 aromatic rings. The fourth-order valence-electron chi connectivity index (χ4n) is 2.03. The smallest absolute Gasteiger partial charge is 0.255 e. The summed E-state index contributed by atoms with van der Waals surface area (Å²) >= 11 is 6.04. The highest BCUT2D eigenvalue weighted by atomic mass is 35.5. The highest BCUT2D eigenvalue weighted by molar-refractivity contribution is 6.33. The molecule has 0 saturated heterocycles. The van der Waals surface area contributed by atoms with Gasteiger partial charge in [-0.1, -0.05) is 35.9 Å². The molecule has 1 amide bonds. The molecule has 0 radical (unpaired) electrons. The third-order valence-corrected chi connectivity index (χ3v) is 3.45. The molecule has 0 bridgehead atoms. The van der Waals surface area contributed by atoms with Gasteiger partial charge < -0.3 is 5.32 Å². The predicted octanol–water partition coefficient (Wildman–Crippen LogP) is 2.78. The lowest BCUT2D eigenvalue weighted by Gasteiger charge is -2.08. The van der Waals surface area contributed by atoms with E-state index in [9.17, 15) is 4.79 Å². The number of nitrogens with one attached hydrogen (secondary N) is 1. The summed E-state index contributed by atoms with van der Waals surface area (Å²) in [7, 11) is 1.74. The quantitative estimate of drug-likeness (QED) is 0.807. The first-order valence-electron chi connectivity index (χ1n) is 6.54. The fourth-order valence-corrected chi connectivity index (χ4v) is 2.21. The summed E-state index contributed by atoms with van der Waals surface area (Å²) in [6.07, 6.45) is 0. The van der Waals surface area contributed by atoms with Crippen molar-refractivity contribution in [3.63, 3.8) is 0 Å². The van der Waals surface area contributed by atoms with E-state index in [-0.39, 0.29) is 5.91 Å². The Morgan fingerprint density at radius 2 is 2.00 bits per heavy atom. The summed E-state index contributed by atoms with van der Waals surface area (Å²) in [5.74, 6) is 0.345. The Kier molecular flexibility index (Phi) is 3.84. The molecule has 110 valence electrons. The van der Waals surface area contributed by atoms with Gasteiger partial charge in [-0.15, -0.1) is 5.10 Å². The van der Waals surface area contributed by atoms with Gasteiger partial charge in [0.1, 0.15) is 0 Å². The summed E-state index contributed by atoms with van der Waals surface area (Å²) in [4.78, 5) is 12.3. The van der Waals surface area contributed by atoms with Crippen LogP contribution in [0.5, 0.6) is 0 Å². The molecule has 1 aromatic heterocycles. The maximum absolute atomic E-state index is 12.3. The van der Waals surface area contributed by atoms with Gasteiger partial charge in [-0.3, -0.25) is 4.79 Å². The largest absolute Gasteiger partial charge is 0.321 e. The highest BCUT2D eigenvalue weighted by Gasteiger charge is 2.11. The van der Waals surface area contributed by atoms with Crippen molar-refractivity contribution in [3.8, 4) is 11.4 Å². The van der Waals surface area contributed by atoms with E-state index in [0.717, 1.165) is 5.56 Å². The van der Waals surface area contributed by atoms with Crippen molar-refractivity contribution in [2.45, 2.75) is 0 Å². The zero-order valence-electron chi connectivity index (χ0n) is 11.7. The number of nitrogens with zero attached hydrogens (tertiary/aromatic N) is 4. The van der Waals surface area contributed by atoms with Crippen LogP contribution in [0.4, 0.5) is 5.69 Å². The maximum atomic E-state index is 12.3. The summed E-state index contributed by atoms with van der Waals surface area (Å²) in [6.45, 7) is 0. The maximum Gasteiger partial charge on any atom is 0.255 e. The molecule has 1 heterocycles. The van der Waals surface area contributed by atoms with Crippen LogP contribution in [0.2, 0.25) is 5.02 Å². The van der Waals surface area contributed by atoms with E-state index in [4.69, 9.17) is 11.6 Å². The second-order valence-electron chi connectivity index (χ2n) is 4.64. The lowest BCUT2D eigenvalue weighted by Crippen LogP contribution is -2.12. The Hall–Kier alpha value is -2.73. The summed E-state index contributed by atoms with van der Waals surface area (Å²) < 4.78 is 1.55. The number of aryl methyl sites for hydroxylation is 1. The zero-order chi connectivity index (χ0) is 15.5. The van der Waals surface area contributed by atoms with Crippen LogP contribution in [0.15, 0.2) is 48.5 Å². The summed E-state index contributed by atoms with van der Waals surface area (Å²) in [5, 5.41) is 14.6. The molecule has 22 heavy (non-hydrogen) atoms. The molecule has 2 aromatic carbocycles. The normalized spacial score (nSPS) is 10.5. The van der Waals surface area contributed by atoms with Crippen LogP contribution in [0.1, 0.15) is 10.4 Å². The van der Waals surface area contributed by atoms with Crippen LogP contribution in [-0.2, 0) is 7.05 Å². The molecule has 0 aliphatic carbocycles. The monoisotopic (exact) mass is 313 g/mol.